The third-order valence-electron chi connectivity index (χ3n) is 3.57. The fourth-order valence-corrected chi connectivity index (χ4v) is 3.31. The average Bonchev–Trinajstić information content (AvgIpc) is 2.90. The predicted octanol–water partition coefficient (Wildman–Crippen LogP) is 4.52. The average molecular weight is 310 g/mol. The van der Waals surface area contributed by atoms with E-state index in [9.17, 15) is 5.11 Å². The van der Waals surface area contributed by atoms with E-state index in [0.29, 0.717) is 11.1 Å². The number of hydrogen-bond acceptors (Lipinski definition) is 3. The van der Waals surface area contributed by atoms with Gasteiger partial charge >= 0.3 is 0 Å². The largest absolute Gasteiger partial charge is 0.389 e. The van der Waals surface area contributed by atoms with Crippen molar-refractivity contribution < 1.29 is 5.11 Å². The molecule has 1 N–H and O–H groups in total. The molecule has 0 aliphatic rings. The Bertz CT molecular complexity index is 554. The summed E-state index contributed by atoms with van der Waals surface area (Å²) in [6.07, 6.45) is 0.512. The van der Waals surface area contributed by atoms with Gasteiger partial charge in [0, 0.05) is 24.4 Å². The number of likely N-dealkylation sites (N-methyl/N-ethyl adjacent to an activating group) is 1. The molecule has 0 aliphatic heterocycles. The first-order valence-corrected chi connectivity index (χ1v) is 7.97. The van der Waals surface area contributed by atoms with Crippen LogP contribution in [-0.2, 0) is 6.42 Å². The van der Waals surface area contributed by atoms with Crippen LogP contribution in [0, 0.1) is 0 Å². The number of thiophene rings is 1. The molecule has 108 valence electrons. The zero-order valence-electron chi connectivity index (χ0n) is 12.0. The molecule has 2 nitrogen and oxygen atoms in total. The Morgan fingerprint density at radius 1 is 1.30 bits per heavy atom. The molecular weight excluding hydrogens is 290 g/mol. The van der Waals surface area contributed by atoms with Gasteiger partial charge in [0.1, 0.15) is 0 Å². The summed E-state index contributed by atoms with van der Waals surface area (Å²) in [4.78, 5) is 3.56. The van der Waals surface area contributed by atoms with Crippen molar-refractivity contribution >= 4 is 28.6 Å². The first-order chi connectivity index (χ1) is 9.49. The van der Waals surface area contributed by atoms with Crippen LogP contribution >= 0.6 is 22.9 Å². The maximum Gasteiger partial charge on any atom is 0.0762 e. The van der Waals surface area contributed by atoms with Gasteiger partial charge in [-0.25, -0.2) is 0 Å². The third kappa shape index (κ3) is 3.54. The van der Waals surface area contributed by atoms with E-state index in [1.54, 1.807) is 18.3 Å². The minimum absolute atomic E-state index is 0.364. The number of aliphatic hydroxyl groups excluding tert-OH is 1. The minimum Gasteiger partial charge on any atom is -0.389 e. The van der Waals surface area contributed by atoms with Gasteiger partial charge in [-0.1, -0.05) is 23.7 Å². The molecular formula is C16H20ClNOS. The summed E-state index contributed by atoms with van der Waals surface area (Å²) < 4.78 is 0. The van der Waals surface area contributed by atoms with Crippen LogP contribution < -0.4 is 4.90 Å². The lowest BCUT2D eigenvalue weighted by Gasteiger charge is -2.28. The maximum absolute atomic E-state index is 9.59. The predicted molar refractivity (Wildman–Crippen MR) is 88.0 cm³/mol. The molecule has 1 aromatic carbocycles. The number of rotatable bonds is 5. The highest BCUT2D eigenvalue weighted by molar-refractivity contribution is 7.09. The lowest BCUT2D eigenvalue weighted by Crippen LogP contribution is -2.30. The molecule has 4 heteroatoms. The fourth-order valence-electron chi connectivity index (χ4n) is 2.16. The van der Waals surface area contributed by atoms with Gasteiger partial charge in [-0.05, 0) is 43.0 Å². The van der Waals surface area contributed by atoms with Crippen LogP contribution in [0.5, 0.6) is 0 Å². The third-order valence-corrected chi connectivity index (χ3v) is 4.77. The number of anilines is 1. The Morgan fingerprint density at radius 2 is 2.05 bits per heavy atom. The lowest BCUT2D eigenvalue weighted by atomic mass is 10.1. The Kier molecular flexibility index (Phi) is 5.08. The van der Waals surface area contributed by atoms with E-state index in [-0.39, 0.29) is 0 Å². The van der Waals surface area contributed by atoms with E-state index in [0.717, 1.165) is 17.7 Å². The van der Waals surface area contributed by atoms with E-state index < -0.39 is 6.10 Å². The standard InChI is InChI=1S/C16H20ClNOS/c1-11(9-14-5-4-8-20-14)18(3)16-7-6-13(12(2)19)10-15(16)17/h4-8,10-12,19H,9H2,1-3H3/t11?,12-/m1/s1. The number of hydrogen-bond donors (Lipinski definition) is 1. The molecule has 2 rings (SSSR count). The van der Waals surface area contributed by atoms with Gasteiger partial charge in [-0.15, -0.1) is 11.3 Å². The maximum atomic E-state index is 9.59. The van der Waals surface area contributed by atoms with Crippen LogP contribution in [-0.4, -0.2) is 18.2 Å². The van der Waals surface area contributed by atoms with Gasteiger partial charge in [-0.2, -0.15) is 0 Å². The SMILES string of the molecule is CC(Cc1cccs1)N(C)c1ccc([C@@H](C)O)cc1Cl. The fraction of sp³-hybridized carbons (Fsp3) is 0.375. The second-order valence-corrected chi connectivity index (χ2v) is 6.57. The number of aliphatic hydroxyl groups is 1. The molecule has 1 aromatic heterocycles. The van der Waals surface area contributed by atoms with E-state index in [4.69, 9.17) is 11.6 Å². The molecule has 20 heavy (non-hydrogen) atoms. The lowest BCUT2D eigenvalue weighted by molar-refractivity contribution is 0.199. The number of nitrogens with zero attached hydrogens (tertiary/aromatic N) is 1. The second-order valence-electron chi connectivity index (χ2n) is 5.13. The first-order valence-electron chi connectivity index (χ1n) is 6.71. The van der Waals surface area contributed by atoms with Crippen molar-refractivity contribution in [2.75, 3.05) is 11.9 Å². The molecule has 0 spiro atoms. The molecule has 0 saturated heterocycles. The minimum atomic E-state index is -0.490. The molecule has 0 amide bonds. The molecule has 2 atom stereocenters. The van der Waals surface area contributed by atoms with Crippen molar-refractivity contribution in [1.29, 1.82) is 0 Å². The Labute approximate surface area is 129 Å². The van der Waals surface area contributed by atoms with Crippen LogP contribution in [0.3, 0.4) is 0 Å². The summed E-state index contributed by atoms with van der Waals surface area (Å²) in [5, 5.41) is 12.4. The number of halogens is 1. The van der Waals surface area contributed by atoms with Gasteiger partial charge in [0.15, 0.2) is 0 Å². The van der Waals surface area contributed by atoms with Crippen LogP contribution in [0.25, 0.3) is 0 Å². The quantitative estimate of drug-likeness (QED) is 0.877. The van der Waals surface area contributed by atoms with Gasteiger partial charge in [0.05, 0.1) is 16.8 Å². The monoisotopic (exact) mass is 309 g/mol. The van der Waals surface area contributed by atoms with Crippen LogP contribution in [0.15, 0.2) is 35.7 Å². The van der Waals surface area contributed by atoms with Crippen LogP contribution in [0.4, 0.5) is 5.69 Å². The van der Waals surface area contributed by atoms with Gasteiger partial charge in [0.25, 0.3) is 0 Å². The van der Waals surface area contributed by atoms with Crippen LogP contribution in [0.1, 0.15) is 30.4 Å². The topological polar surface area (TPSA) is 23.5 Å². The van der Waals surface area contributed by atoms with Crippen molar-refractivity contribution in [1.82, 2.24) is 0 Å². The zero-order chi connectivity index (χ0) is 14.7. The molecule has 0 aliphatic carbocycles. The highest BCUT2D eigenvalue weighted by Crippen LogP contribution is 2.30. The van der Waals surface area contributed by atoms with Crippen molar-refractivity contribution in [3.05, 3.63) is 51.2 Å². The summed E-state index contributed by atoms with van der Waals surface area (Å²) in [5.74, 6) is 0. The van der Waals surface area contributed by atoms with E-state index in [2.05, 4.69) is 36.4 Å². The summed E-state index contributed by atoms with van der Waals surface area (Å²) in [5.41, 5.74) is 1.85. The van der Waals surface area contributed by atoms with Crippen LogP contribution in [0.2, 0.25) is 5.02 Å². The molecule has 0 bridgehead atoms. The van der Waals surface area contributed by atoms with E-state index >= 15 is 0 Å². The Balaban J connectivity index is 2.14. The van der Waals surface area contributed by atoms with Gasteiger partial charge < -0.3 is 10.0 Å². The molecule has 1 heterocycles. The molecule has 0 radical (unpaired) electrons. The zero-order valence-corrected chi connectivity index (χ0v) is 13.6. The molecule has 0 fully saturated rings. The van der Waals surface area contributed by atoms with Gasteiger partial charge in [-0.3, -0.25) is 0 Å². The first kappa shape index (κ1) is 15.4. The number of benzene rings is 1. The highest BCUT2D eigenvalue weighted by Gasteiger charge is 2.15. The van der Waals surface area contributed by atoms with Crippen molar-refractivity contribution in [3.8, 4) is 0 Å². The Morgan fingerprint density at radius 3 is 2.60 bits per heavy atom. The summed E-state index contributed by atoms with van der Waals surface area (Å²) in [6, 6.07) is 10.4. The second kappa shape index (κ2) is 6.61. The normalized spacial score (nSPS) is 14.1. The van der Waals surface area contributed by atoms with Gasteiger partial charge in [0.2, 0.25) is 0 Å². The molecule has 2 aromatic rings. The molecule has 0 saturated carbocycles. The Hall–Kier alpha value is -1.03. The van der Waals surface area contributed by atoms with Crippen molar-refractivity contribution in [2.24, 2.45) is 0 Å². The van der Waals surface area contributed by atoms with Crippen molar-refractivity contribution in [2.45, 2.75) is 32.4 Å². The smallest absolute Gasteiger partial charge is 0.0762 e. The van der Waals surface area contributed by atoms with Crippen molar-refractivity contribution in [3.63, 3.8) is 0 Å². The molecule has 1 unspecified atom stereocenters. The highest BCUT2D eigenvalue weighted by atomic mass is 35.5. The van der Waals surface area contributed by atoms with E-state index in [1.807, 2.05) is 18.2 Å². The summed E-state index contributed by atoms with van der Waals surface area (Å²) in [6.45, 7) is 3.94. The summed E-state index contributed by atoms with van der Waals surface area (Å²) >= 11 is 8.13. The summed E-state index contributed by atoms with van der Waals surface area (Å²) in [7, 11) is 2.06. The van der Waals surface area contributed by atoms with E-state index in [1.165, 1.54) is 4.88 Å².